The molecule has 0 saturated carbocycles. The Bertz CT molecular complexity index is 1020. The van der Waals surface area contributed by atoms with Crippen LogP contribution in [0.1, 0.15) is 23.2 Å². The SMILES string of the molecule is O=C(c1cc(-c2ccccc2F)nc2c(F)cccc12)N1CCC[C@H]1CO. The highest BCUT2D eigenvalue weighted by Crippen LogP contribution is 2.30. The Morgan fingerprint density at radius 3 is 2.70 bits per heavy atom. The van der Waals surface area contributed by atoms with E-state index in [1.807, 2.05) is 0 Å². The van der Waals surface area contributed by atoms with Gasteiger partial charge in [-0.1, -0.05) is 24.3 Å². The Hall–Kier alpha value is -2.86. The maximum absolute atomic E-state index is 14.4. The number of amides is 1. The molecule has 1 fully saturated rings. The van der Waals surface area contributed by atoms with Crippen LogP contribution in [0.3, 0.4) is 0 Å². The number of carbonyl (C=O) groups is 1. The molecule has 1 aliphatic rings. The Balaban J connectivity index is 1.92. The zero-order valence-corrected chi connectivity index (χ0v) is 14.5. The topological polar surface area (TPSA) is 53.4 Å². The summed E-state index contributed by atoms with van der Waals surface area (Å²) in [4.78, 5) is 19.1. The number of pyridine rings is 1. The fourth-order valence-corrected chi connectivity index (χ4v) is 3.64. The first kappa shape index (κ1) is 17.5. The van der Waals surface area contributed by atoms with Crippen LogP contribution in [-0.4, -0.2) is 40.1 Å². The molecule has 3 aromatic rings. The van der Waals surface area contributed by atoms with Crippen LogP contribution in [0.4, 0.5) is 8.78 Å². The molecule has 1 aromatic heterocycles. The number of fused-ring (bicyclic) bond motifs is 1. The summed E-state index contributed by atoms with van der Waals surface area (Å²) in [7, 11) is 0. The summed E-state index contributed by atoms with van der Waals surface area (Å²) in [6.07, 6.45) is 1.52. The molecular weight excluding hydrogens is 350 g/mol. The number of hydrogen-bond donors (Lipinski definition) is 1. The summed E-state index contributed by atoms with van der Waals surface area (Å²) >= 11 is 0. The molecule has 0 spiro atoms. The van der Waals surface area contributed by atoms with Gasteiger partial charge in [-0.05, 0) is 37.1 Å². The number of aliphatic hydroxyl groups excluding tert-OH is 1. The molecule has 2 heterocycles. The lowest BCUT2D eigenvalue weighted by molar-refractivity contribution is 0.0679. The van der Waals surface area contributed by atoms with E-state index in [2.05, 4.69) is 4.98 Å². The van der Waals surface area contributed by atoms with Crippen LogP contribution in [0.2, 0.25) is 0 Å². The van der Waals surface area contributed by atoms with E-state index in [1.54, 1.807) is 29.2 Å². The quantitative estimate of drug-likeness (QED) is 0.766. The van der Waals surface area contributed by atoms with Crippen molar-refractivity contribution in [3.8, 4) is 11.3 Å². The van der Waals surface area contributed by atoms with Crippen molar-refractivity contribution in [2.24, 2.45) is 0 Å². The third-order valence-electron chi connectivity index (χ3n) is 5.02. The summed E-state index contributed by atoms with van der Waals surface area (Å²) in [5.41, 5.74) is 0.699. The van der Waals surface area contributed by atoms with Gasteiger partial charge in [-0.3, -0.25) is 4.79 Å². The third kappa shape index (κ3) is 3.06. The van der Waals surface area contributed by atoms with Crippen LogP contribution in [0.25, 0.3) is 22.2 Å². The number of rotatable bonds is 3. The molecule has 2 aromatic carbocycles. The Morgan fingerprint density at radius 2 is 1.93 bits per heavy atom. The van der Waals surface area contributed by atoms with Crippen molar-refractivity contribution < 1.29 is 18.7 Å². The van der Waals surface area contributed by atoms with Gasteiger partial charge in [-0.25, -0.2) is 13.8 Å². The fourth-order valence-electron chi connectivity index (χ4n) is 3.64. The Kier molecular flexibility index (Phi) is 4.58. The molecule has 1 saturated heterocycles. The molecule has 1 aliphatic heterocycles. The fraction of sp³-hybridized carbons (Fsp3) is 0.238. The van der Waals surface area contributed by atoms with Crippen LogP contribution in [0.15, 0.2) is 48.5 Å². The summed E-state index contributed by atoms with van der Waals surface area (Å²) in [6, 6.07) is 11.7. The monoisotopic (exact) mass is 368 g/mol. The van der Waals surface area contributed by atoms with Gasteiger partial charge in [-0.2, -0.15) is 0 Å². The lowest BCUT2D eigenvalue weighted by Crippen LogP contribution is -2.37. The van der Waals surface area contributed by atoms with Crippen molar-refractivity contribution >= 4 is 16.8 Å². The highest BCUT2D eigenvalue weighted by Gasteiger charge is 2.30. The zero-order valence-electron chi connectivity index (χ0n) is 14.5. The molecule has 27 heavy (non-hydrogen) atoms. The van der Waals surface area contributed by atoms with Gasteiger partial charge in [0.1, 0.15) is 17.2 Å². The molecule has 1 N–H and O–H groups in total. The second kappa shape index (κ2) is 7.04. The van der Waals surface area contributed by atoms with E-state index in [1.165, 1.54) is 24.3 Å². The second-order valence-corrected chi connectivity index (χ2v) is 6.65. The normalized spacial score (nSPS) is 16.9. The molecular formula is C21H18F2N2O2. The van der Waals surface area contributed by atoms with Crippen molar-refractivity contribution in [3.05, 3.63) is 65.7 Å². The van der Waals surface area contributed by atoms with Crippen molar-refractivity contribution in [2.75, 3.05) is 13.2 Å². The minimum atomic E-state index is -0.570. The number of hydrogen-bond acceptors (Lipinski definition) is 3. The molecule has 0 aliphatic carbocycles. The number of likely N-dealkylation sites (tertiary alicyclic amines) is 1. The van der Waals surface area contributed by atoms with Gasteiger partial charge >= 0.3 is 0 Å². The number of benzene rings is 2. The van der Waals surface area contributed by atoms with E-state index in [0.717, 1.165) is 12.8 Å². The summed E-state index contributed by atoms with van der Waals surface area (Å²) < 4.78 is 28.7. The van der Waals surface area contributed by atoms with Gasteiger partial charge in [0.25, 0.3) is 5.91 Å². The van der Waals surface area contributed by atoms with Crippen LogP contribution < -0.4 is 0 Å². The zero-order chi connectivity index (χ0) is 19.0. The van der Waals surface area contributed by atoms with Gasteiger partial charge in [0, 0.05) is 17.5 Å². The molecule has 0 unspecified atom stereocenters. The highest BCUT2D eigenvalue weighted by atomic mass is 19.1. The number of aliphatic hydroxyl groups is 1. The molecule has 138 valence electrons. The maximum atomic E-state index is 14.4. The number of aromatic nitrogens is 1. The average molecular weight is 368 g/mol. The average Bonchev–Trinajstić information content (AvgIpc) is 3.16. The maximum Gasteiger partial charge on any atom is 0.254 e. The predicted molar refractivity (Wildman–Crippen MR) is 98.2 cm³/mol. The third-order valence-corrected chi connectivity index (χ3v) is 5.02. The van der Waals surface area contributed by atoms with Crippen molar-refractivity contribution in [3.63, 3.8) is 0 Å². The van der Waals surface area contributed by atoms with Crippen LogP contribution >= 0.6 is 0 Å². The Morgan fingerprint density at radius 1 is 1.15 bits per heavy atom. The van der Waals surface area contributed by atoms with E-state index in [4.69, 9.17) is 0 Å². The smallest absolute Gasteiger partial charge is 0.254 e. The number of halogens is 2. The highest BCUT2D eigenvalue weighted by molar-refractivity contribution is 6.07. The van der Waals surface area contributed by atoms with Crippen molar-refractivity contribution in [1.29, 1.82) is 0 Å². The number of carbonyl (C=O) groups excluding carboxylic acids is 1. The van der Waals surface area contributed by atoms with Gasteiger partial charge < -0.3 is 10.0 Å². The van der Waals surface area contributed by atoms with Crippen LogP contribution in [-0.2, 0) is 0 Å². The molecule has 4 nitrogen and oxygen atoms in total. The van der Waals surface area contributed by atoms with Gasteiger partial charge in [0.15, 0.2) is 0 Å². The van der Waals surface area contributed by atoms with Crippen LogP contribution in [0.5, 0.6) is 0 Å². The summed E-state index contributed by atoms with van der Waals surface area (Å²) in [5.74, 6) is -1.37. The number of nitrogens with zero attached hydrogens (tertiary/aromatic N) is 2. The molecule has 1 amide bonds. The number of para-hydroxylation sites is 1. The van der Waals surface area contributed by atoms with E-state index in [9.17, 15) is 18.7 Å². The minimum Gasteiger partial charge on any atom is -0.394 e. The first-order chi connectivity index (χ1) is 13.1. The van der Waals surface area contributed by atoms with Crippen molar-refractivity contribution in [2.45, 2.75) is 18.9 Å². The molecule has 0 bridgehead atoms. The van der Waals surface area contributed by atoms with E-state index in [0.29, 0.717) is 11.9 Å². The summed E-state index contributed by atoms with van der Waals surface area (Å²) in [5, 5.41) is 9.92. The first-order valence-electron chi connectivity index (χ1n) is 8.86. The largest absolute Gasteiger partial charge is 0.394 e. The minimum absolute atomic E-state index is 0.0290. The second-order valence-electron chi connectivity index (χ2n) is 6.65. The lowest BCUT2D eigenvalue weighted by Gasteiger charge is -2.24. The molecule has 4 rings (SSSR count). The predicted octanol–water partition coefficient (Wildman–Crippen LogP) is 3.78. The lowest BCUT2D eigenvalue weighted by atomic mass is 10.0. The van der Waals surface area contributed by atoms with Crippen molar-refractivity contribution in [1.82, 2.24) is 9.88 Å². The standard InChI is InChI=1S/C21H18F2N2O2/c22-17-8-2-1-6-15(17)19-11-16(14-7-3-9-18(23)20(14)24-19)21(27)25-10-4-5-13(25)12-26/h1-3,6-9,11,13,26H,4-5,10,12H2/t13-/m0/s1. The molecule has 0 radical (unpaired) electrons. The van der Waals surface area contributed by atoms with Gasteiger partial charge in [0.2, 0.25) is 0 Å². The molecule has 6 heteroatoms. The summed E-state index contributed by atoms with van der Waals surface area (Å²) in [6.45, 7) is 0.404. The van der Waals surface area contributed by atoms with E-state index >= 15 is 0 Å². The van der Waals surface area contributed by atoms with E-state index < -0.39 is 11.6 Å². The molecule has 1 atom stereocenters. The van der Waals surface area contributed by atoms with Crippen LogP contribution in [0, 0.1) is 11.6 Å². The van der Waals surface area contributed by atoms with E-state index in [-0.39, 0.29) is 40.9 Å². The van der Waals surface area contributed by atoms with Gasteiger partial charge in [-0.15, -0.1) is 0 Å². The Labute approximate surface area is 155 Å². The van der Waals surface area contributed by atoms with Gasteiger partial charge in [0.05, 0.1) is 23.9 Å². The first-order valence-corrected chi connectivity index (χ1v) is 8.86.